The fourth-order valence-electron chi connectivity index (χ4n) is 0.946. The van der Waals surface area contributed by atoms with Gasteiger partial charge in [0.2, 0.25) is 0 Å². The van der Waals surface area contributed by atoms with Crippen LogP contribution in [0.4, 0.5) is 0 Å². The molecule has 0 aromatic carbocycles. The predicted octanol–water partition coefficient (Wildman–Crippen LogP) is 0.842. The molecule has 14 heavy (non-hydrogen) atoms. The van der Waals surface area contributed by atoms with Crippen molar-refractivity contribution < 1.29 is 18.9 Å². The van der Waals surface area contributed by atoms with E-state index in [1.54, 1.807) is 7.11 Å². The van der Waals surface area contributed by atoms with Crippen molar-refractivity contribution in [1.29, 1.82) is 0 Å². The zero-order valence-corrected chi connectivity index (χ0v) is 9.19. The standard InChI is InChI=1S/C10H20O4/c1-8(11-3)5-13-9(2)4-12-6-10-7-14-10/h8-10H,4-7H2,1-3H3. The lowest BCUT2D eigenvalue weighted by atomic mass is 10.4. The van der Waals surface area contributed by atoms with Gasteiger partial charge >= 0.3 is 0 Å². The van der Waals surface area contributed by atoms with E-state index in [4.69, 9.17) is 18.9 Å². The molecule has 0 amide bonds. The third-order valence-electron chi connectivity index (χ3n) is 2.08. The normalized spacial score (nSPS) is 24.6. The second kappa shape index (κ2) is 6.35. The third-order valence-corrected chi connectivity index (χ3v) is 2.08. The molecule has 1 saturated heterocycles. The largest absolute Gasteiger partial charge is 0.379 e. The number of ether oxygens (including phenoxy) is 4. The van der Waals surface area contributed by atoms with E-state index in [-0.39, 0.29) is 12.2 Å². The lowest BCUT2D eigenvalue weighted by Crippen LogP contribution is -2.23. The zero-order valence-electron chi connectivity index (χ0n) is 9.19. The highest BCUT2D eigenvalue weighted by Crippen LogP contribution is 2.08. The molecule has 1 heterocycles. The molecular weight excluding hydrogens is 184 g/mol. The van der Waals surface area contributed by atoms with Gasteiger partial charge in [-0.05, 0) is 13.8 Å². The van der Waals surface area contributed by atoms with Crippen molar-refractivity contribution in [2.45, 2.75) is 32.2 Å². The van der Waals surface area contributed by atoms with Gasteiger partial charge in [0.05, 0.1) is 38.6 Å². The van der Waals surface area contributed by atoms with E-state index in [1.807, 2.05) is 13.8 Å². The average Bonchev–Trinajstić information content (AvgIpc) is 2.98. The van der Waals surface area contributed by atoms with Crippen LogP contribution in [0.1, 0.15) is 13.8 Å². The van der Waals surface area contributed by atoms with Gasteiger partial charge in [0, 0.05) is 7.11 Å². The molecule has 0 spiro atoms. The molecule has 0 aliphatic carbocycles. The van der Waals surface area contributed by atoms with E-state index >= 15 is 0 Å². The molecule has 1 aliphatic rings. The van der Waals surface area contributed by atoms with Crippen molar-refractivity contribution in [1.82, 2.24) is 0 Å². The molecule has 0 aromatic rings. The van der Waals surface area contributed by atoms with Crippen molar-refractivity contribution >= 4 is 0 Å². The topological polar surface area (TPSA) is 40.2 Å². The summed E-state index contributed by atoms with van der Waals surface area (Å²) in [5.41, 5.74) is 0. The van der Waals surface area contributed by atoms with E-state index < -0.39 is 0 Å². The SMILES string of the molecule is COC(C)COC(C)COCC1CO1. The van der Waals surface area contributed by atoms with Crippen LogP contribution in [0.15, 0.2) is 0 Å². The van der Waals surface area contributed by atoms with Crippen molar-refractivity contribution in [3.63, 3.8) is 0 Å². The molecule has 3 unspecified atom stereocenters. The maximum absolute atomic E-state index is 5.51. The number of epoxide rings is 1. The van der Waals surface area contributed by atoms with Crippen LogP contribution in [-0.2, 0) is 18.9 Å². The molecule has 0 saturated carbocycles. The number of hydrogen-bond donors (Lipinski definition) is 0. The minimum absolute atomic E-state index is 0.117. The molecule has 0 radical (unpaired) electrons. The molecule has 1 rings (SSSR count). The van der Waals surface area contributed by atoms with Gasteiger partial charge in [-0.25, -0.2) is 0 Å². The fourth-order valence-corrected chi connectivity index (χ4v) is 0.946. The van der Waals surface area contributed by atoms with Gasteiger partial charge in [0.25, 0.3) is 0 Å². The smallest absolute Gasteiger partial charge is 0.104 e. The molecule has 0 N–H and O–H groups in total. The quantitative estimate of drug-likeness (QED) is 0.549. The summed E-state index contributed by atoms with van der Waals surface area (Å²) in [4.78, 5) is 0. The van der Waals surface area contributed by atoms with Gasteiger partial charge < -0.3 is 18.9 Å². The van der Waals surface area contributed by atoms with Crippen LogP contribution in [0.3, 0.4) is 0 Å². The molecule has 1 fully saturated rings. The Morgan fingerprint density at radius 3 is 2.57 bits per heavy atom. The zero-order chi connectivity index (χ0) is 10.4. The summed E-state index contributed by atoms with van der Waals surface area (Å²) in [6.07, 6.45) is 0.593. The summed E-state index contributed by atoms with van der Waals surface area (Å²) in [5.74, 6) is 0. The van der Waals surface area contributed by atoms with Gasteiger partial charge in [0.15, 0.2) is 0 Å². The fraction of sp³-hybridized carbons (Fsp3) is 1.00. The van der Waals surface area contributed by atoms with Crippen LogP contribution >= 0.6 is 0 Å². The first kappa shape index (κ1) is 11.9. The highest BCUT2D eigenvalue weighted by atomic mass is 16.6. The Balaban J connectivity index is 1.89. The van der Waals surface area contributed by atoms with Crippen LogP contribution in [-0.4, -0.2) is 51.8 Å². The third kappa shape index (κ3) is 5.54. The van der Waals surface area contributed by atoms with Gasteiger partial charge in [0.1, 0.15) is 6.10 Å². The molecule has 0 aromatic heterocycles. The summed E-state index contributed by atoms with van der Waals surface area (Å²) < 4.78 is 21.0. The summed E-state index contributed by atoms with van der Waals surface area (Å²) in [7, 11) is 1.68. The molecule has 84 valence electrons. The lowest BCUT2D eigenvalue weighted by molar-refractivity contribution is -0.0478. The number of rotatable bonds is 8. The summed E-state index contributed by atoms with van der Waals surface area (Å²) in [5, 5.41) is 0. The first-order valence-corrected chi connectivity index (χ1v) is 5.06. The van der Waals surface area contributed by atoms with Crippen molar-refractivity contribution in [3.05, 3.63) is 0 Å². The molecular formula is C10H20O4. The van der Waals surface area contributed by atoms with Crippen LogP contribution in [0.25, 0.3) is 0 Å². The van der Waals surface area contributed by atoms with Gasteiger partial charge in [-0.3, -0.25) is 0 Å². The molecule has 4 heteroatoms. The average molecular weight is 204 g/mol. The predicted molar refractivity (Wildman–Crippen MR) is 52.4 cm³/mol. The van der Waals surface area contributed by atoms with Crippen LogP contribution in [0.5, 0.6) is 0 Å². The maximum atomic E-state index is 5.51. The van der Waals surface area contributed by atoms with Crippen LogP contribution in [0.2, 0.25) is 0 Å². The first-order chi connectivity index (χ1) is 6.72. The van der Waals surface area contributed by atoms with E-state index in [0.29, 0.717) is 25.9 Å². The van der Waals surface area contributed by atoms with E-state index in [2.05, 4.69) is 0 Å². The van der Waals surface area contributed by atoms with Crippen LogP contribution < -0.4 is 0 Å². The van der Waals surface area contributed by atoms with Gasteiger partial charge in [-0.15, -0.1) is 0 Å². The Kier molecular flexibility index (Phi) is 5.40. The highest BCUT2D eigenvalue weighted by molar-refractivity contribution is 4.67. The van der Waals surface area contributed by atoms with E-state index in [9.17, 15) is 0 Å². The highest BCUT2D eigenvalue weighted by Gasteiger charge is 2.22. The summed E-state index contributed by atoms with van der Waals surface area (Å²) in [6, 6.07) is 0. The lowest BCUT2D eigenvalue weighted by Gasteiger charge is -2.15. The van der Waals surface area contributed by atoms with Crippen LogP contribution in [0, 0.1) is 0 Å². The molecule has 3 atom stereocenters. The Labute approximate surface area is 85.5 Å². The van der Waals surface area contributed by atoms with E-state index in [0.717, 1.165) is 6.61 Å². The number of methoxy groups -OCH3 is 1. The van der Waals surface area contributed by atoms with E-state index in [1.165, 1.54) is 0 Å². The number of hydrogen-bond acceptors (Lipinski definition) is 4. The summed E-state index contributed by atoms with van der Waals surface area (Å²) in [6.45, 7) is 6.74. The van der Waals surface area contributed by atoms with Crippen molar-refractivity contribution in [3.8, 4) is 0 Å². The van der Waals surface area contributed by atoms with Gasteiger partial charge in [-0.2, -0.15) is 0 Å². The molecule has 1 aliphatic heterocycles. The second-order valence-corrected chi connectivity index (χ2v) is 3.68. The molecule has 0 bridgehead atoms. The Morgan fingerprint density at radius 1 is 1.29 bits per heavy atom. The van der Waals surface area contributed by atoms with Gasteiger partial charge in [-0.1, -0.05) is 0 Å². The minimum Gasteiger partial charge on any atom is -0.379 e. The minimum atomic E-state index is 0.117. The maximum Gasteiger partial charge on any atom is 0.104 e. The monoisotopic (exact) mass is 204 g/mol. The van der Waals surface area contributed by atoms with Crippen molar-refractivity contribution in [2.75, 3.05) is 33.5 Å². The Morgan fingerprint density at radius 2 is 2.00 bits per heavy atom. The Bertz CT molecular complexity index is 147. The molecule has 4 nitrogen and oxygen atoms in total. The van der Waals surface area contributed by atoms with Crippen molar-refractivity contribution in [2.24, 2.45) is 0 Å². The first-order valence-electron chi connectivity index (χ1n) is 5.06. The Hall–Kier alpha value is -0.160. The summed E-state index contributed by atoms with van der Waals surface area (Å²) >= 11 is 0. The second-order valence-electron chi connectivity index (χ2n) is 3.68.